The predicted octanol–water partition coefficient (Wildman–Crippen LogP) is 3.89. The fraction of sp³-hybridized carbons (Fsp3) is 0.176. The maximum Gasteiger partial charge on any atom is 0.0737 e. The molecule has 3 heterocycles. The predicted molar refractivity (Wildman–Crippen MR) is 85.9 cm³/mol. The summed E-state index contributed by atoms with van der Waals surface area (Å²) < 4.78 is 0. The van der Waals surface area contributed by atoms with Gasteiger partial charge in [0.05, 0.1) is 5.52 Å². The van der Waals surface area contributed by atoms with Crippen molar-refractivity contribution in [2.75, 3.05) is 18.0 Å². The summed E-state index contributed by atoms with van der Waals surface area (Å²) in [5.74, 6) is 0.564. The van der Waals surface area contributed by atoms with Gasteiger partial charge in [-0.3, -0.25) is 9.97 Å². The summed E-state index contributed by atoms with van der Waals surface area (Å²) in [5.41, 5.74) is 3.50. The molecule has 3 nitrogen and oxygen atoms in total. The normalized spacial score (nSPS) is 15.2. The van der Waals surface area contributed by atoms with Crippen molar-refractivity contribution >= 4 is 28.2 Å². The number of pyridine rings is 2. The van der Waals surface area contributed by atoms with Gasteiger partial charge in [-0.15, -0.1) is 0 Å². The number of rotatable bonds is 2. The highest BCUT2D eigenvalue weighted by atomic mass is 35.5. The van der Waals surface area contributed by atoms with Crippen LogP contribution in [-0.4, -0.2) is 23.1 Å². The highest BCUT2D eigenvalue weighted by molar-refractivity contribution is 6.31. The van der Waals surface area contributed by atoms with Crippen LogP contribution in [0.4, 0.5) is 5.69 Å². The molecule has 104 valence electrons. The van der Waals surface area contributed by atoms with E-state index in [1.807, 2.05) is 36.8 Å². The highest BCUT2D eigenvalue weighted by Gasteiger charge is 2.29. The second kappa shape index (κ2) is 5.01. The van der Waals surface area contributed by atoms with Crippen molar-refractivity contribution in [2.24, 2.45) is 0 Å². The van der Waals surface area contributed by atoms with E-state index >= 15 is 0 Å². The van der Waals surface area contributed by atoms with Crippen molar-refractivity contribution in [1.82, 2.24) is 9.97 Å². The maximum absolute atomic E-state index is 6.04. The molecule has 4 heteroatoms. The van der Waals surface area contributed by atoms with Gasteiger partial charge < -0.3 is 4.90 Å². The van der Waals surface area contributed by atoms with Crippen LogP contribution < -0.4 is 4.90 Å². The summed E-state index contributed by atoms with van der Waals surface area (Å²) in [6.45, 7) is 2.04. The first-order valence-electron chi connectivity index (χ1n) is 7.00. The van der Waals surface area contributed by atoms with Crippen molar-refractivity contribution < 1.29 is 0 Å². The fourth-order valence-electron chi connectivity index (χ4n) is 2.89. The van der Waals surface area contributed by atoms with Crippen LogP contribution in [0.2, 0.25) is 5.02 Å². The van der Waals surface area contributed by atoms with Crippen molar-refractivity contribution in [3.8, 4) is 0 Å². The average molecular weight is 296 g/mol. The smallest absolute Gasteiger partial charge is 0.0737 e. The zero-order valence-corrected chi connectivity index (χ0v) is 12.2. The van der Waals surface area contributed by atoms with Crippen molar-refractivity contribution in [3.05, 3.63) is 65.6 Å². The van der Waals surface area contributed by atoms with E-state index in [0.717, 1.165) is 29.0 Å². The summed E-state index contributed by atoms with van der Waals surface area (Å²) in [7, 11) is 0. The molecule has 21 heavy (non-hydrogen) atoms. The fourth-order valence-corrected chi connectivity index (χ4v) is 3.05. The minimum absolute atomic E-state index is 0.564. The number of hydrogen-bond donors (Lipinski definition) is 0. The van der Waals surface area contributed by atoms with Gasteiger partial charge in [0, 0.05) is 53.7 Å². The number of benzene rings is 1. The van der Waals surface area contributed by atoms with E-state index in [1.165, 1.54) is 11.3 Å². The van der Waals surface area contributed by atoms with Gasteiger partial charge in [0.2, 0.25) is 0 Å². The van der Waals surface area contributed by atoms with Crippen LogP contribution in [-0.2, 0) is 0 Å². The number of fused-ring (bicyclic) bond motifs is 1. The lowest BCUT2D eigenvalue weighted by Crippen LogP contribution is -2.45. The number of aromatic nitrogens is 2. The third kappa shape index (κ3) is 2.24. The minimum atomic E-state index is 0.564. The first-order valence-corrected chi connectivity index (χ1v) is 7.38. The monoisotopic (exact) mass is 295 g/mol. The van der Waals surface area contributed by atoms with Gasteiger partial charge in [-0.25, -0.2) is 0 Å². The molecule has 0 radical (unpaired) electrons. The van der Waals surface area contributed by atoms with Crippen LogP contribution in [0.1, 0.15) is 11.5 Å². The Morgan fingerprint density at radius 3 is 2.81 bits per heavy atom. The Kier molecular flexibility index (Phi) is 3.00. The van der Waals surface area contributed by atoms with Gasteiger partial charge in [-0.1, -0.05) is 17.7 Å². The lowest BCUT2D eigenvalue weighted by atomic mass is 9.92. The first kappa shape index (κ1) is 12.6. The van der Waals surface area contributed by atoms with E-state index in [0.29, 0.717) is 5.92 Å². The average Bonchev–Trinajstić information content (AvgIpc) is 2.47. The lowest BCUT2D eigenvalue weighted by molar-refractivity contribution is 0.525. The molecule has 1 saturated heterocycles. The molecule has 0 amide bonds. The Morgan fingerprint density at radius 2 is 2.00 bits per heavy atom. The summed E-state index contributed by atoms with van der Waals surface area (Å²) in [5, 5.41) is 1.88. The molecule has 4 rings (SSSR count). The molecule has 1 aliphatic heterocycles. The summed E-state index contributed by atoms with van der Waals surface area (Å²) in [6.07, 6.45) is 5.64. The van der Waals surface area contributed by atoms with Gasteiger partial charge in [0.1, 0.15) is 0 Å². The Hall–Kier alpha value is -2.13. The highest BCUT2D eigenvalue weighted by Crippen LogP contribution is 2.35. The number of anilines is 1. The molecule has 1 fully saturated rings. The second-order valence-corrected chi connectivity index (χ2v) is 5.82. The summed E-state index contributed by atoms with van der Waals surface area (Å²) >= 11 is 6.04. The molecule has 0 bridgehead atoms. The first-order chi connectivity index (χ1) is 10.3. The van der Waals surface area contributed by atoms with Gasteiger partial charge in [0.25, 0.3) is 0 Å². The molecule has 0 unspecified atom stereocenters. The van der Waals surface area contributed by atoms with E-state index in [1.54, 1.807) is 0 Å². The van der Waals surface area contributed by atoms with E-state index < -0.39 is 0 Å². The van der Waals surface area contributed by atoms with Crippen LogP contribution in [0.15, 0.2) is 55.0 Å². The third-order valence-corrected chi connectivity index (χ3v) is 4.29. The molecular formula is C17H14ClN3. The maximum atomic E-state index is 6.04. The van der Waals surface area contributed by atoms with Gasteiger partial charge >= 0.3 is 0 Å². The standard InChI is InChI=1S/C17H14ClN3/c18-14-3-4-15-16(8-14)20-7-5-17(15)21-10-13(11-21)12-2-1-6-19-9-12/h1-9,13H,10-11H2. The van der Waals surface area contributed by atoms with Crippen LogP contribution in [0.25, 0.3) is 10.9 Å². The quantitative estimate of drug-likeness (QED) is 0.718. The van der Waals surface area contributed by atoms with Crippen LogP contribution in [0, 0.1) is 0 Å². The van der Waals surface area contributed by atoms with E-state index in [2.05, 4.69) is 33.1 Å². The van der Waals surface area contributed by atoms with Gasteiger partial charge in [-0.2, -0.15) is 0 Å². The Bertz CT molecular complexity index is 782. The summed E-state index contributed by atoms with van der Waals surface area (Å²) in [6, 6.07) is 12.1. The second-order valence-electron chi connectivity index (χ2n) is 5.38. The number of hydrogen-bond acceptors (Lipinski definition) is 3. The lowest BCUT2D eigenvalue weighted by Gasteiger charge is -2.41. The van der Waals surface area contributed by atoms with Crippen LogP contribution >= 0.6 is 11.6 Å². The molecule has 1 aliphatic rings. The zero-order valence-electron chi connectivity index (χ0n) is 11.4. The molecule has 0 aliphatic carbocycles. The van der Waals surface area contributed by atoms with Gasteiger partial charge in [-0.05, 0) is 35.9 Å². The Balaban J connectivity index is 1.62. The van der Waals surface area contributed by atoms with Gasteiger partial charge in [0.15, 0.2) is 0 Å². The molecule has 3 aromatic rings. The number of halogens is 1. The Labute approximate surface area is 128 Å². The molecule has 2 aromatic heterocycles. The third-order valence-electron chi connectivity index (χ3n) is 4.06. The van der Waals surface area contributed by atoms with Crippen LogP contribution in [0.3, 0.4) is 0 Å². The SMILES string of the molecule is Clc1ccc2c(N3CC(c4cccnc4)C3)ccnc2c1. The molecule has 0 atom stereocenters. The summed E-state index contributed by atoms with van der Waals surface area (Å²) in [4.78, 5) is 11.0. The van der Waals surface area contributed by atoms with Crippen LogP contribution in [0.5, 0.6) is 0 Å². The molecular weight excluding hydrogens is 282 g/mol. The van der Waals surface area contributed by atoms with E-state index in [9.17, 15) is 0 Å². The molecule has 0 spiro atoms. The molecule has 0 saturated carbocycles. The molecule has 1 aromatic carbocycles. The molecule has 0 N–H and O–H groups in total. The topological polar surface area (TPSA) is 29.0 Å². The van der Waals surface area contributed by atoms with E-state index in [4.69, 9.17) is 11.6 Å². The largest absolute Gasteiger partial charge is 0.370 e. The van der Waals surface area contributed by atoms with E-state index in [-0.39, 0.29) is 0 Å². The number of nitrogens with zero attached hydrogens (tertiary/aromatic N) is 3. The van der Waals surface area contributed by atoms with Crippen molar-refractivity contribution in [2.45, 2.75) is 5.92 Å². The Morgan fingerprint density at radius 1 is 1.10 bits per heavy atom. The zero-order chi connectivity index (χ0) is 14.2. The van der Waals surface area contributed by atoms with Crippen molar-refractivity contribution in [3.63, 3.8) is 0 Å². The minimum Gasteiger partial charge on any atom is -0.370 e. The van der Waals surface area contributed by atoms with Crippen molar-refractivity contribution in [1.29, 1.82) is 0 Å².